The molecule has 0 aromatic heterocycles. The zero-order valence-corrected chi connectivity index (χ0v) is 17.3. The van der Waals surface area contributed by atoms with Crippen molar-refractivity contribution in [2.45, 2.75) is 42.9 Å². The summed E-state index contributed by atoms with van der Waals surface area (Å²) in [6, 6.07) is 19.7. The molecule has 28 heavy (non-hydrogen) atoms. The number of para-hydroxylation sites is 1. The van der Waals surface area contributed by atoms with Crippen LogP contribution in [0, 0.1) is 11.3 Å². The Balaban J connectivity index is 2.16. The third-order valence-corrected chi connectivity index (χ3v) is 5.18. The summed E-state index contributed by atoms with van der Waals surface area (Å²) in [6.07, 6.45) is 4.78. The fourth-order valence-corrected chi connectivity index (χ4v) is 3.60. The maximum Gasteiger partial charge on any atom is 0.267 e. The molecule has 0 saturated heterocycles. The van der Waals surface area contributed by atoms with Crippen molar-refractivity contribution in [2.75, 3.05) is 18.4 Å². The molecule has 0 fully saturated rings. The summed E-state index contributed by atoms with van der Waals surface area (Å²) in [5.41, 5.74) is 0.835. The van der Waals surface area contributed by atoms with E-state index in [1.165, 1.54) is 0 Å². The lowest BCUT2D eigenvalue weighted by molar-refractivity contribution is -0.112. The zero-order valence-electron chi connectivity index (χ0n) is 16.5. The first-order valence-electron chi connectivity index (χ1n) is 9.67. The van der Waals surface area contributed by atoms with Crippen LogP contribution in [0.5, 0.6) is 0 Å². The van der Waals surface area contributed by atoms with E-state index in [9.17, 15) is 10.1 Å². The van der Waals surface area contributed by atoms with E-state index >= 15 is 0 Å². The number of nitrogens with one attached hydrogen (secondary N) is 1. The quantitative estimate of drug-likeness (QED) is 0.416. The first-order chi connectivity index (χ1) is 13.7. The van der Waals surface area contributed by atoms with Gasteiger partial charge in [0.1, 0.15) is 11.6 Å². The van der Waals surface area contributed by atoms with Crippen molar-refractivity contribution in [1.82, 2.24) is 4.90 Å². The van der Waals surface area contributed by atoms with Crippen LogP contribution in [0.2, 0.25) is 0 Å². The minimum Gasteiger partial charge on any atom is -0.376 e. The standard InChI is InChI=1S/C23H27N3OS/c1-3-5-16-26(15-4-2)18-19(17-24)23(27)25-21-13-9-10-14-22(21)28-20-11-7-6-8-12-20/h6-14,18H,3-5,15-16H2,1-2H3,(H,25,27)/b19-18-. The van der Waals surface area contributed by atoms with E-state index in [1.807, 2.05) is 54.6 Å². The maximum absolute atomic E-state index is 12.7. The number of nitriles is 1. The van der Waals surface area contributed by atoms with Gasteiger partial charge in [0.25, 0.3) is 5.91 Å². The van der Waals surface area contributed by atoms with Gasteiger partial charge < -0.3 is 10.2 Å². The molecule has 0 aliphatic rings. The topological polar surface area (TPSA) is 56.1 Å². The van der Waals surface area contributed by atoms with Gasteiger partial charge in [-0.05, 0) is 37.1 Å². The largest absolute Gasteiger partial charge is 0.376 e. The molecular formula is C23H27N3OS. The number of carbonyl (C=O) groups is 1. The number of hydrogen-bond donors (Lipinski definition) is 1. The Hall–Kier alpha value is -2.71. The molecule has 0 atom stereocenters. The molecule has 146 valence electrons. The van der Waals surface area contributed by atoms with Crippen LogP contribution in [0.15, 0.2) is 76.2 Å². The SMILES string of the molecule is CCCCN(/C=C(/C#N)C(=O)Nc1ccccc1Sc1ccccc1)CCC. The van der Waals surface area contributed by atoms with E-state index in [1.54, 1.807) is 18.0 Å². The second-order valence-corrected chi connectivity index (χ2v) is 7.52. The second kappa shape index (κ2) is 11.9. The average Bonchev–Trinajstić information content (AvgIpc) is 2.72. The molecule has 0 aliphatic heterocycles. The lowest BCUT2D eigenvalue weighted by Crippen LogP contribution is -2.23. The fourth-order valence-electron chi connectivity index (χ4n) is 2.67. The maximum atomic E-state index is 12.7. The number of nitrogens with zero attached hydrogens (tertiary/aromatic N) is 2. The van der Waals surface area contributed by atoms with E-state index in [-0.39, 0.29) is 11.5 Å². The summed E-state index contributed by atoms with van der Waals surface area (Å²) in [6.45, 7) is 5.91. The van der Waals surface area contributed by atoms with E-state index in [2.05, 4.69) is 30.1 Å². The molecule has 0 saturated carbocycles. The van der Waals surface area contributed by atoms with E-state index in [0.717, 1.165) is 42.1 Å². The van der Waals surface area contributed by atoms with Crippen LogP contribution in [0.3, 0.4) is 0 Å². The van der Waals surface area contributed by atoms with Crippen LogP contribution in [0.1, 0.15) is 33.1 Å². The Morgan fingerprint density at radius 3 is 2.46 bits per heavy atom. The van der Waals surface area contributed by atoms with Crippen molar-refractivity contribution in [3.63, 3.8) is 0 Å². The highest BCUT2D eigenvalue weighted by atomic mass is 32.2. The van der Waals surface area contributed by atoms with Crippen molar-refractivity contribution in [1.29, 1.82) is 5.26 Å². The van der Waals surface area contributed by atoms with E-state index in [4.69, 9.17) is 0 Å². The molecule has 0 radical (unpaired) electrons. The van der Waals surface area contributed by atoms with Gasteiger partial charge in [-0.25, -0.2) is 0 Å². The normalized spacial score (nSPS) is 11.0. The Morgan fingerprint density at radius 1 is 1.07 bits per heavy atom. The van der Waals surface area contributed by atoms with Crippen molar-refractivity contribution in [3.8, 4) is 6.07 Å². The van der Waals surface area contributed by atoms with Crippen molar-refractivity contribution in [3.05, 3.63) is 66.4 Å². The smallest absolute Gasteiger partial charge is 0.267 e. The molecule has 5 heteroatoms. The minimum absolute atomic E-state index is 0.129. The summed E-state index contributed by atoms with van der Waals surface area (Å²) < 4.78 is 0. The highest BCUT2D eigenvalue weighted by molar-refractivity contribution is 7.99. The molecule has 0 spiro atoms. The number of carbonyl (C=O) groups excluding carboxylic acids is 1. The second-order valence-electron chi connectivity index (χ2n) is 6.41. The summed E-state index contributed by atoms with van der Waals surface area (Å²) in [4.78, 5) is 16.8. The predicted molar refractivity (Wildman–Crippen MR) is 116 cm³/mol. The molecule has 2 aromatic rings. The molecular weight excluding hydrogens is 366 g/mol. The van der Waals surface area contributed by atoms with Crippen molar-refractivity contribution < 1.29 is 4.79 Å². The third kappa shape index (κ3) is 6.79. The molecule has 4 nitrogen and oxygen atoms in total. The van der Waals surface area contributed by atoms with Crippen molar-refractivity contribution >= 4 is 23.4 Å². The van der Waals surface area contributed by atoms with Gasteiger partial charge in [-0.15, -0.1) is 0 Å². The molecule has 2 rings (SSSR count). The molecule has 2 aromatic carbocycles. The number of hydrogen-bond acceptors (Lipinski definition) is 4. The van der Waals surface area contributed by atoms with Gasteiger partial charge in [0.05, 0.1) is 5.69 Å². The predicted octanol–water partition coefficient (Wildman–Crippen LogP) is 5.70. The number of amides is 1. The highest BCUT2D eigenvalue weighted by Gasteiger charge is 2.14. The third-order valence-electron chi connectivity index (χ3n) is 4.09. The first kappa shape index (κ1) is 21.6. The van der Waals surface area contributed by atoms with Crippen LogP contribution in [-0.2, 0) is 4.79 Å². The van der Waals surface area contributed by atoms with Gasteiger partial charge >= 0.3 is 0 Å². The number of anilines is 1. The molecule has 0 unspecified atom stereocenters. The highest BCUT2D eigenvalue weighted by Crippen LogP contribution is 2.33. The van der Waals surface area contributed by atoms with Gasteiger partial charge in [-0.1, -0.05) is 62.4 Å². The van der Waals surface area contributed by atoms with Crippen LogP contribution in [0.25, 0.3) is 0 Å². The van der Waals surface area contributed by atoms with Gasteiger partial charge in [-0.3, -0.25) is 4.79 Å². The van der Waals surface area contributed by atoms with Crippen LogP contribution in [-0.4, -0.2) is 23.9 Å². The summed E-state index contributed by atoms with van der Waals surface area (Å²) in [5.74, 6) is -0.374. The molecule has 0 bridgehead atoms. The first-order valence-corrected chi connectivity index (χ1v) is 10.5. The average molecular weight is 394 g/mol. The Labute approximate surface area is 172 Å². The Morgan fingerprint density at radius 2 is 1.79 bits per heavy atom. The summed E-state index contributed by atoms with van der Waals surface area (Å²) >= 11 is 1.58. The Bertz CT molecular complexity index is 827. The van der Waals surface area contributed by atoms with Crippen LogP contribution in [0.4, 0.5) is 5.69 Å². The van der Waals surface area contributed by atoms with Gasteiger partial charge in [0, 0.05) is 29.1 Å². The van der Waals surface area contributed by atoms with Crippen LogP contribution < -0.4 is 5.32 Å². The number of benzene rings is 2. The monoisotopic (exact) mass is 393 g/mol. The molecule has 1 amide bonds. The molecule has 1 N–H and O–H groups in total. The molecule has 0 heterocycles. The lowest BCUT2D eigenvalue weighted by Gasteiger charge is -2.20. The number of rotatable bonds is 10. The minimum atomic E-state index is -0.374. The van der Waals surface area contributed by atoms with E-state index < -0.39 is 0 Å². The van der Waals surface area contributed by atoms with Crippen LogP contribution >= 0.6 is 11.8 Å². The van der Waals surface area contributed by atoms with Gasteiger partial charge in [-0.2, -0.15) is 5.26 Å². The van der Waals surface area contributed by atoms with E-state index in [0.29, 0.717) is 5.69 Å². The lowest BCUT2D eigenvalue weighted by atomic mass is 10.2. The summed E-state index contributed by atoms with van der Waals surface area (Å²) in [5, 5.41) is 12.4. The zero-order chi connectivity index (χ0) is 20.2. The summed E-state index contributed by atoms with van der Waals surface area (Å²) in [7, 11) is 0. The van der Waals surface area contributed by atoms with Gasteiger partial charge in [0.15, 0.2) is 0 Å². The van der Waals surface area contributed by atoms with Crippen molar-refractivity contribution in [2.24, 2.45) is 0 Å². The molecule has 0 aliphatic carbocycles. The fraction of sp³-hybridized carbons (Fsp3) is 0.304. The number of unbranched alkanes of at least 4 members (excludes halogenated alkanes) is 1. The Kier molecular flexibility index (Phi) is 9.17. The van der Waals surface area contributed by atoms with Gasteiger partial charge in [0.2, 0.25) is 0 Å².